The van der Waals surface area contributed by atoms with Gasteiger partial charge in [-0.3, -0.25) is 0 Å². The zero-order valence-electron chi connectivity index (χ0n) is 4.53. The molecule has 3 unspecified atom stereocenters. The topological polar surface area (TPSA) is 9.23 Å². The average molecular weight is 244 g/mol. The van der Waals surface area contributed by atoms with Gasteiger partial charge in [-0.05, 0) is 0 Å². The lowest BCUT2D eigenvalue weighted by atomic mass is 10.3. The Bertz CT molecular complexity index is 138. The molecule has 1 saturated heterocycles. The lowest BCUT2D eigenvalue weighted by Crippen LogP contribution is -2.25. The molecule has 0 aromatic heterocycles. The number of alkyl halides is 5. The number of hydrogen-bond acceptors (Lipinski definition) is 1. The second-order valence-corrected chi connectivity index (χ2v) is 4.60. The van der Waals surface area contributed by atoms with Crippen LogP contribution in [0.25, 0.3) is 0 Å². The van der Waals surface area contributed by atoms with Crippen molar-refractivity contribution in [2.75, 3.05) is 0 Å². The van der Waals surface area contributed by atoms with Crippen LogP contribution in [0.15, 0.2) is 0 Å². The lowest BCUT2D eigenvalue weighted by Gasteiger charge is -2.14. The van der Waals surface area contributed by atoms with Gasteiger partial charge in [0, 0.05) is 0 Å². The second-order valence-electron chi connectivity index (χ2n) is 1.88. The monoisotopic (exact) mass is 242 g/mol. The lowest BCUT2D eigenvalue weighted by molar-refractivity contribution is 0.115. The van der Waals surface area contributed by atoms with E-state index in [-0.39, 0.29) is 0 Å². The highest BCUT2D eigenvalue weighted by atomic mass is 35.5. The molecule has 0 aromatic rings. The van der Waals surface area contributed by atoms with E-state index in [1.165, 1.54) is 0 Å². The molecule has 0 aromatic carbocycles. The van der Waals surface area contributed by atoms with Crippen molar-refractivity contribution in [3.63, 3.8) is 0 Å². The maximum absolute atomic E-state index is 5.64. The average Bonchev–Trinajstić information content (AvgIpc) is 1.95. The Labute approximate surface area is 83.5 Å². The Morgan fingerprint density at radius 2 is 1.60 bits per heavy atom. The van der Waals surface area contributed by atoms with Gasteiger partial charge in [0.25, 0.3) is 0 Å². The van der Waals surface area contributed by atoms with Crippen LogP contribution in [0.5, 0.6) is 0 Å². The summed E-state index contributed by atoms with van der Waals surface area (Å²) in [6, 6.07) is 0. The largest absolute Gasteiger partial charge is 0.324 e. The normalized spacial score (nSPS) is 45.9. The van der Waals surface area contributed by atoms with Crippen LogP contribution < -0.4 is 0 Å². The van der Waals surface area contributed by atoms with E-state index in [1.807, 2.05) is 0 Å². The molecule has 60 valence electrons. The summed E-state index contributed by atoms with van der Waals surface area (Å²) in [6.45, 7) is 0. The minimum atomic E-state index is -1.46. The fourth-order valence-electron chi connectivity index (χ4n) is 0.598. The molecule has 0 N–H and O–H groups in total. The van der Waals surface area contributed by atoms with Gasteiger partial charge in [0.1, 0.15) is 5.38 Å². The van der Waals surface area contributed by atoms with Crippen molar-refractivity contribution in [2.45, 2.75) is 20.8 Å². The molecule has 3 atom stereocenters. The molecular formula is C4H3Cl5O. The Hall–Kier alpha value is 1.41. The first-order chi connectivity index (χ1) is 4.45. The van der Waals surface area contributed by atoms with Crippen molar-refractivity contribution < 1.29 is 4.74 Å². The smallest absolute Gasteiger partial charge is 0.237 e. The summed E-state index contributed by atoms with van der Waals surface area (Å²) in [5.41, 5.74) is -0.723. The second kappa shape index (κ2) is 3.04. The van der Waals surface area contributed by atoms with Crippen molar-refractivity contribution in [3.05, 3.63) is 0 Å². The molecule has 1 heterocycles. The standard InChI is InChI=1S/C4H3Cl5O/c5-1-2(6)4(8,9)10-3(1)7/h1-3H. The minimum absolute atomic E-state index is 0.557. The van der Waals surface area contributed by atoms with Crippen LogP contribution >= 0.6 is 58.0 Å². The fraction of sp³-hybridized carbons (Fsp3) is 1.00. The van der Waals surface area contributed by atoms with Gasteiger partial charge in [0.2, 0.25) is 4.52 Å². The maximum atomic E-state index is 5.64. The Morgan fingerprint density at radius 1 is 1.10 bits per heavy atom. The van der Waals surface area contributed by atoms with Gasteiger partial charge >= 0.3 is 0 Å². The van der Waals surface area contributed by atoms with E-state index >= 15 is 0 Å². The van der Waals surface area contributed by atoms with E-state index in [2.05, 4.69) is 0 Å². The third-order valence-corrected chi connectivity index (χ3v) is 3.67. The minimum Gasteiger partial charge on any atom is -0.324 e. The maximum Gasteiger partial charge on any atom is 0.237 e. The molecule has 0 spiro atoms. The molecule has 0 saturated carbocycles. The summed E-state index contributed by atoms with van der Waals surface area (Å²) in [4.78, 5) is 0. The number of halogens is 5. The van der Waals surface area contributed by atoms with E-state index in [9.17, 15) is 0 Å². The van der Waals surface area contributed by atoms with Gasteiger partial charge in [-0.15, -0.1) is 23.2 Å². The van der Waals surface area contributed by atoms with Gasteiger partial charge in [0.15, 0.2) is 5.56 Å². The van der Waals surface area contributed by atoms with Crippen LogP contribution in [0.2, 0.25) is 0 Å². The van der Waals surface area contributed by atoms with Crippen LogP contribution in [0.4, 0.5) is 0 Å². The number of ether oxygens (including phenoxy) is 1. The molecule has 1 aliphatic rings. The quantitative estimate of drug-likeness (QED) is 0.595. The first-order valence-electron chi connectivity index (χ1n) is 2.43. The van der Waals surface area contributed by atoms with Gasteiger partial charge < -0.3 is 4.74 Å². The highest BCUT2D eigenvalue weighted by molar-refractivity contribution is 6.53. The molecular weight excluding hydrogens is 241 g/mol. The van der Waals surface area contributed by atoms with E-state index < -0.39 is 20.8 Å². The van der Waals surface area contributed by atoms with Crippen molar-refractivity contribution in [1.29, 1.82) is 0 Å². The fourth-order valence-corrected chi connectivity index (χ4v) is 2.05. The van der Waals surface area contributed by atoms with E-state index in [0.29, 0.717) is 0 Å². The third kappa shape index (κ3) is 1.60. The Kier molecular flexibility index (Phi) is 2.89. The van der Waals surface area contributed by atoms with Crippen molar-refractivity contribution >= 4 is 58.0 Å². The molecule has 0 radical (unpaired) electrons. The molecule has 6 heteroatoms. The van der Waals surface area contributed by atoms with Gasteiger partial charge in [-0.25, -0.2) is 0 Å². The molecule has 10 heavy (non-hydrogen) atoms. The van der Waals surface area contributed by atoms with E-state index in [0.717, 1.165) is 0 Å². The number of hydrogen-bond donors (Lipinski definition) is 0. The zero-order valence-corrected chi connectivity index (χ0v) is 8.31. The zero-order chi connectivity index (χ0) is 7.94. The predicted octanol–water partition coefficient (Wildman–Crippen LogP) is 2.93. The summed E-state index contributed by atoms with van der Waals surface area (Å²) < 4.78 is 3.35. The van der Waals surface area contributed by atoms with Gasteiger partial charge in [-0.2, -0.15) is 0 Å². The summed E-state index contributed by atoms with van der Waals surface area (Å²) in [7, 11) is 0. The van der Waals surface area contributed by atoms with Gasteiger partial charge in [-0.1, -0.05) is 34.8 Å². The van der Waals surface area contributed by atoms with E-state index in [1.54, 1.807) is 0 Å². The third-order valence-electron chi connectivity index (χ3n) is 1.12. The summed E-state index contributed by atoms with van der Waals surface area (Å²) in [5.74, 6) is 0. The Morgan fingerprint density at radius 3 is 1.70 bits per heavy atom. The molecule has 1 fully saturated rings. The molecule has 1 rings (SSSR count). The summed E-state index contributed by atoms with van der Waals surface area (Å²) in [6.07, 6.45) is 0. The SMILES string of the molecule is ClC1OC(Cl)(Cl)C(Cl)C1Cl. The first-order valence-corrected chi connectivity index (χ1v) is 4.49. The highest BCUT2D eigenvalue weighted by Crippen LogP contribution is 2.44. The Balaban J connectivity index is 2.71. The van der Waals surface area contributed by atoms with Crippen molar-refractivity contribution in [3.8, 4) is 0 Å². The van der Waals surface area contributed by atoms with E-state index in [4.69, 9.17) is 62.7 Å². The predicted molar refractivity (Wildman–Crippen MR) is 44.4 cm³/mol. The highest BCUT2D eigenvalue weighted by Gasteiger charge is 2.51. The van der Waals surface area contributed by atoms with Crippen LogP contribution in [0.1, 0.15) is 0 Å². The van der Waals surface area contributed by atoms with Crippen LogP contribution in [-0.4, -0.2) is 20.8 Å². The first kappa shape index (κ1) is 9.50. The molecule has 0 bridgehead atoms. The summed E-state index contributed by atoms with van der Waals surface area (Å²) in [5, 5.41) is -1.24. The van der Waals surface area contributed by atoms with Crippen LogP contribution in [-0.2, 0) is 4.74 Å². The summed E-state index contributed by atoms with van der Waals surface area (Å²) >= 11 is 27.9. The molecule has 1 aliphatic heterocycles. The molecule has 1 nitrogen and oxygen atoms in total. The van der Waals surface area contributed by atoms with Crippen LogP contribution in [0.3, 0.4) is 0 Å². The van der Waals surface area contributed by atoms with Gasteiger partial charge in [0.05, 0.1) is 5.38 Å². The molecule has 0 amide bonds. The molecule has 0 aliphatic carbocycles. The van der Waals surface area contributed by atoms with Crippen molar-refractivity contribution in [2.24, 2.45) is 0 Å². The van der Waals surface area contributed by atoms with Crippen LogP contribution in [0, 0.1) is 0 Å². The van der Waals surface area contributed by atoms with Crippen molar-refractivity contribution in [1.82, 2.24) is 0 Å². The number of rotatable bonds is 0.